The van der Waals surface area contributed by atoms with Gasteiger partial charge in [0.2, 0.25) is 0 Å². The van der Waals surface area contributed by atoms with Gasteiger partial charge in [0.1, 0.15) is 11.5 Å². The van der Waals surface area contributed by atoms with E-state index in [9.17, 15) is 0 Å². The Bertz CT molecular complexity index is 459. The Kier molecular flexibility index (Phi) is 4.84. The molecule has 16 heavy (non-hydrogen) atoms. The van der Waals surface area contributed by atoms with Crippen LogP contribution in [0, 0.1) is 0 Å². The van der Waals surface area contributed by atoms with Crippen LogP contribution < -0.4 is 4.74 Å². The van der Waals surface area contributed by atoms with Crippen molar-refractivity contribution in [3.05, 3.63) is 59.9 Å². The van der Waals surface area contributed by atoms with E-state index in [1.54, 1.807) is 12.2 Å². The van der Waals surface area contributed by atoms with Crippen molar-refractivity contribution in [2.75, 3.05) is 0 Å². The van der Waals surface area contributed by atoms with E-state index in [1.807, 2.05) is 36.4 Å². The normalized spacial score (nSPS) is 13.5. The molecule has 0 saturated carbocycles. The topological polar surface area (TPSA) is 45.6 Å². The zero-order valence-electron chi connectivity index (χ0n) is 8.84. The summed E-state index contributed by atoms with van der Waals surface area (Å²) in [6.07, 6.45) is 5.99. The van der Waals surface area contributed by atoms with Gasteiger partial charge in [0.05, 0.1) is 6.42 Å². The fourth-order valence-corrected chi connectivity index (χ4v) is 1.29. The fourth-order valence-electron chi connectivity index (χ4n) is 1.29. The summed E-state index contributed by atoms with van der Waals surface area (Å²) < 4.78 is 5.59. The fraction of sp³-hybridized carbons (Fsp3) is 0.0833. The summed E-state index contributed by atoms with van der Waals surface area (Å²) in [5.41, 5.74) is 9.17. The summed E-state index contributed by atoms with van der Waals surface area (Å²) in [7, 11) is 0. The van der Waals surface area contributed by atoms with E-state index in [2.05, 4.69) is 4.79 Å². The first-order valence-electron chi connectivity index (χ1n) is 4.70. The van der Waals surface area contributed by atoms with Crippen LogP contribution in [0.5, 0.6) is 5.75 Å². The summed E-state index contributed by atoms with van der Waals surface area (Å²) in [5, 5.41) is 0. The van der Waals surface area contributed by atoms with Crippen LogP contribution in [0.3, 0.4) is 0 Å². The molecular weight excluding hydrogens is 254 g/mol. The van der Waals surface area contributed by atoms with Crippen molar-refractivity contribution in [3.63, 3.8) is 0 Å². The molecule has 0 aliphatic heterocycles. The van der Waals surface area contributed by atoms with Crippen LogP contribution >= 0.6 is 0 Å². The predicted molar refractivity (Wildman–Crippen MR) is 57.5 cm³/mol. The zero-order chi connectivity index (χ0) is 10.5. The minimum Gasteiger partial charge on any atom is -0.458 e. The van der Waals surface area contributed by atoms with Crippen LogP contribution in [0.1, 0.15) is 6.42 Å². The van der Waals surface area contributed by atoms with E-state index in [-0.39, 0.29) is 19.5 Å². The molecule has 0 unspecified atom stereocenters. The summed E-state index contributed by atoms with van der Waals surface area (Å²) in [6, 6.07) is 9.56. The number of hydrogen-bond acceptors (Lipinski definition) is 1. The molecule has 0 saturated heterocycles. The Morgan fingerprint density at radius 1 is 1.12 bits per heavy atom. The predicted octanol–water partition coefficient (Wildman–Crippen LogP) is 2.58. The van der Waals surface area contributed by atoms with Crippen molar-refractivity contribution in [1.82, 2.24) is 0 Å². The smallest absolute Gasteiger partial charge is 0.296 e. The first-order valence-corrected chi connectivity index (χ1v) is 4.70. The molecule has 3 nitrogen and oxygen atoms in total. The van der Waals surface area contributed by atoms with Gasteiger partial charge >= 0.3 is 0 Å². The third-order valence-corrected chi connectivity index (χ3v) is 2.06. The van der Waals surface area contributed by atoms with Crippen molar-refractivity contribution >= 4 is 5.71 Å². The van der Waals surface area contributed by atoms with E-state index in [0.29, 0.717) is 12.1 Å². The van der Waals surface area contributed by atoms with Crippen LogP contribution in [-0.4, -0.2) is 10.5 Å². The maximum atomic E-state index is 8.53. The summed E-state index contributed by atoms with van der Waals surface area (Å²) >= 11 is 0. The van der Waals surface area contributed by atoms with Crippen LogP contribution in [0.15, 0.2) is 54.3 Å². The minimum atomic E-state index is 0. The second-order valence-electron chi connectivity index (χ2n) is 3.15. The molecular formula is C12H10N2OZn. The van der Waals surface area contributed by atoms with Crippen molar-refractivity contribution in [2.45, 2.75) is 6.42 Å². The zero-order valence-corrected chi connectivity index (χ0v) is 11.8. The molecule has 0 N–H and O–H groups in total. The van der Waals surface area contributed by atoms with Gasteiger partial charge in [-0.05, 0) is 24.3 Å². The van der Waals surface area contributed by atoms with E-state index in [0.717, 1.165) is 11.5 Å². The van der Waals surface area contributed by atoms with Crippen molar-refractivity contribution in [3.8, 4) is 5.75 Å². The van der Waals surface area contributed by atoms with Gasteiger partial charge in [-0.15, -0.1) is 0 Å². The minimum absolute atomic E-state index is 0. The second-order valence-corrected chi connectivity index (χ2v) is 3.15. The molecule has 0 heterocycles. The number of rotatable bonds is 2. The standard InChI is InChI=1S/C12H10N2O.Zn/c13-14-10-6-8-12(9-7-10)15-11-4-2-1-3-5-11;/h1-6,8-9H,7H2;. The maximum absolute atomic E-state index is 8.53. The number of para-hydroxylation sites is 1. The molecule has 0 amide bonds. The number of benzene rings is 1. The Balaban J connectivity index is 0.00000128. The summed E-state index contributed by atoms with van der Waals surface area (Å²) in [6.45, 7) is 0. The molecule has 1 aliphatic carbocycles. The van der Waals surface area contributed by atoms with Gasteiger partial charge in [-0.25, -0.2) is 0 Å². The molecule has 1 aromatic rings. The summed E-state index contributed by atoms with van der Waals surface area (Å²) in [4.78, 5) is 3.12. The van der Waals surface area contributed by atoms with E-state index in [4.69, 9.17) is 10.3 Å². The van der Waals surface area contributed by atoms with Gasteiger partial charge in [-0.3, -0.25) is 0 Å². The van der Waals surface area contributed by atoms with E-state index in [1.165, 1.54) is 0 Å². The quantitative estimate of drug-likeness (QED) is 0.459. The Labute approximate surface area is 107 Å². The van der Waals surface area contributed by atoms with Crippen LogP contribution in [0.4, 0.5) is 0 Å². The van der Waals surface area contributed by atoms with E-state index >= 15 is 0 Å². The number of nitrogens with zero attached hydrogens (tertiary/aromatic N) is 2. The number of allylic oxidation sites excluding steroid dienone is 3. The maximum Gasteiger partial charge on any atom is 0.296 e. The molecule has 0 radical (unpaired) electrons. The third-order valence-electron chi connectivity index (χ3n) is 2.06. The van der Waals surface area contributed by atoms with Gasteiger partial charge in [0, 0.05) is 25.6 Å². The molecule has 0 spiro atoms. The molecule has 4 heteroatoms. The Hall–Kier alpha value is -1.50. The first kappa shape index (κ1) is 12.6. The average Bonchev–Trinajstić information content (AvgIpc) is 2.31. The monoisotopic (exact) mass is 262 g/mol. The van der Waals surface area contributed by atoms with E-state index < -0.39 is 0 Å². The van der Waals surface area contributed by atoms with Crippen LogP contribution in [-0.2, 0) is 19.5 Å². The molecule has 1 aromatic carbocycles. The Morgan fingerprint density at radius 3 is 2.44 bits per heavy atom. The van der Waals surface area contributed by atoms with Gasteiger partial charge < -0.3 is 10.3 Å². The first-order chi connectivity index (χ1) is 7.38. The van der Waals surface area contributed by atoms with Gasteiger partial charge in [-0.1, -0.05) is 18.2 Å². The molecule has 1 aliphatic rings. The Morgan fingerprint density at radius 2 is 1.88 bits per heavy atom. The summed E-state index contributed by atoms with van der Waals surface area (Å²) in [5.74, 6) is 1.58. The number of ether oxygens (including phenoxy) is 1. The molecule has 76 valence electrons. The van der Waals surface area contributed by atoms with Gasteiger partial charge in [0.25, 0.3) is 5.71 Å². The second kappa shape index (κ2) is 6.17. The van der Waals surface area contributed by atoms with Gasteiger partial charge in [-0.2, -0.15) is 4.79 Å². The molecule has 0 aromatic heterocycles. The third kappa shape index (κ3) is 3.27. The van der Waals surface area contributed by atoms with Crippen molar-refractivity contribution in [1.29, 1.82) is 0 Å². The largest absolute Gasteiger partial charge is 0.458 e. The molecule has 2 rings (SSSR count). The van der Waals surface area contributed by atoms with Crippen LogP contribution in [0.2, 0.25) is 0 Å². The van der Waals surface area contributed by atoms with Crippen LogP contribution in [0.25, 0.3) is 5.53 Å². The van der Waals surface area contributed by atoms with Crippen molar-refractivity contribution in [2.24, 2.45) is 0 Å². The number of hydrogen-bond donors (Lipinski definition) is 0. The average molecular weight is 264 g/mol. The molecule has 0 atom stereocenters. The molecule has 0 bridgehead atoms. The molecule has 0 fully saturated rings. The van der Waals surface area contributed by atoms with Crippen molar-refractivity contribution < 1.29 is 29.0 Å². The van der Waals surface area contributed by atoms with Gasteiger partial charge in [0.15, 0.2) is 0 Å². The SMILES string of the molecule is [N-]=[N+]=C1C=CC(Oc2ccccc2)=CC1.[Zn].